The standard InChI is InChI=1S/C16H18N4O5/c17-15(18)9-1-2-11-10(7-9)8-12(25-11)16(24)20-5-3-13(21)19-6-4-14(22)23/h1-2,7-8H,3-6H2,(H3,17,18)(H,19,21)(H,20,24)(H,22,23). The average molecular weight is 346 g/mol. The molecule has 0 spiro atoms. The summed E-state index contributed by atoms with van der Waals surface area (Å²) in [7, 11) is 0. The summed E-state index contributed by atoms with van der Waals surface area (Å²) in [6, 6.07) is 6.42. The number of nitrogens with two attached hydrogens (primary N) is 1. The smallest absolute Gasteiger partial charge is 0.305 e. The van der Waals surface area contributed by atoms with Crippen molar-refractivity contribution in [2.45, 2.75) is 12.8 Å². The van der Waals surface area contributed by atoms with E-state index in [2.05, 4.69) is 10.6 Å². The molecule has 6 N–H and O–H groups in total. The number of hydrogen-bond acceptors (Lipinski definition) is 5. The lowest BCUT2D eigenvalue weighted by molar-refractivity contribution is -0.136. The Morgan fingerprint density at radius 1 is 1.12 bits per heavy atom. The maximum absolute atomic E-state index is 12.0. The molecule has 0 bridgehead atoms. The van der Waals surface area contributed by atoms with Gasteiger partial charge in [0.25, 0.3) is 5.91 Å². The van der Waals surface area contributed by atoms with E-state index in [1.807, 2.05) is 0 Å². The summed E-state index contributed by atoms with van der Waals surface area (Å²) in [5.74, 6) is -1.81. The molecule has 0 aliphatic heterocycles. The highest BCUT2D eigenvalue weighted by molar-refractivity contribution is 6.00. The second-order valence-corrected chi connectivity index (χ2v) is 5.28. The van der Waals surface area contributed by atoms with Gasteiger partial charge in [-0.1, -0.05) is 0 Å². The minimum Gasteiger partial charge on any atom is -0.481 e. The normalized spacial score (nSPS) is 10.4. The molecule has 9 nitrogen and oxygen atoms in total. The second-order valence-electron chi connectivity index (χ2n) is 5.28. The Morgan fingerprint density at radius 2 is 1.84 bits per heavy atom. The number of furan rings is 1. The fourth-order valence-electron chi connectivity index (χ4n) is 2.10. The molecule has 0 saturated heterocycles. The zero-order valence-electron chi connectivity index (χ0n) is 13.3. The topological polar surface area (TPSA) is 159 Å². The zero-order chi connectivity index (χ0) is 18.4. The molecule has 0 fully saturated rings. The van der Waals surface area contributed by atoms with Gasteiger partial charge in [0, 0.05) is 30.5 Å². The number of rotatable bonds is 8. The van der Waals surface area contributed by atoms with Gasteiger partial charge >= 0.3 is 5.97 Å². The number of fused-ring (bicyclic) bond motifs is 1. The molecule has 2 aromatic rings. The maximum Gasteiger partial charge on any atom is 0.305 e. The first-order chi connectivity index (χ1) is 11.9. The van der Waals surface area contributed by atoms with Crippen molar-refractivity contribution in [1.29, 1.82) is 5.41 Å². The molecule has 0 atom stereocenters. The van der Waals surface area contributed by atoms with Crippen LogP contribution in [-0.4, -0.2) is 41.8 Å². The van der Waals surface area contributed by atoms with Crippen LogP contribution in [0.25, 0.3) is 11.0 Å². The van der Waals surface area contributed by atoms with Crippen molar-refractivity contribution in [3.63, 3.8) is 0 Å². The van der Waals surface area contributed by atoms with Crippen LogP contribution in [0, 0.1) is 5.41 Å². The summed E-state index contributed by atoms with van der Waals surface area (Å²) < 4.78 is 5.42. The first-order valence-corrected chi connectivity index (χ1v) is 7.51. The number of carbonyl (C=O) groups excluding carboxylic acids is 2. The average Bonchev–Trinajstić information content (AvgIpc) is 2.97. The van der Waals surface area contributed by atoms with Gasteiger partial charge in [0.2, 0.25) is 5.91 Å². The highest BCUT2D eigenvalue weighted by atomic mass is 16.4. The van der Waals surface area contributed by atoms with E-state index in [1.165, 1.54) is 6.07 Å². The van der Waals surface area contributed by atoms with Crippen molar-refractivity contribution >= 4 is 34.6 Å². The first-order valence-electron chi connectivity index (χ1n) is 7.51. The third-order valence-electron chi connectivity index (χ3n) is 3.35. The molecular weight excluding hydrogens is 328 g/mol. The number of amides is 2. The van der Waals surface area contributed by atoms with Crippen LogP contribution in [0.2, 0.25) is 0 Å². The molecule has 0 aliphatic rings. The van der Waals surface area contributed by atoms with Gasteiger partial charge in [-0.15, -0.1) is 0 Å². The Morgan fingerprint density at radius 3 is 2.52 bits per heavy atom. The van der Waals surface area contributed by atoms with Crippen LogP contribution < -0.4 is 16.4 Å². The van der Waals surface area contributed by atoms with E-state index < -0.39 is 11.9 Å². The number of nitrogen functional groups attached to an aromatic ring is 1. The lowest BCUT2D eigenvalue weighted by Gasteiger charge is -2.04. The Balaban J connectivity index is 1.86. The van der Waals surface area contributed by atoms with Gasteiger partial charge < -0.3 is 25.9 Å². The number of hydrogen-bond donors (Lipinski definition) is 5. The summed E-state index contributed by atoms with van der Waals surface area (Å²) in [5, 5.41) is 21.5. The highest BCUT2D eigenvalue weighted by Crippen LogP contribution is 2.20. The van der Waals surface area contributed by atoms with Crippen molar-refractivity contribution in [2.75, 3.05) is 13.1 Å². The minimum absolute atomic E-state index is 0.0278. The van der Waals surface area contributed by atoms with Crippen LogP contribution in [0.3, 0.4) is 0 Å². The lowest BCUT2D eigenvalue weighted by Crippen LogP contribution is -2.31. The van der Waals surface area contributed by atoms with Gasteiger partial charge in [-0.05, 0) is 24.3 Å². The highest BCUT2D eigenvalue weighted by Gasteiger charge is 2.13. The van der Waals surface area contributed by atoms with Crippen LogP contribution in [0.5, 0.6) is 0 Å². The Hall–Kier alpha value is -3.36. The van der Waals surface area contributed by atoms with Gasteiger partial charge in [-0.25, -0.2) is 0 Å². The summed E-state index contributed by atoms with van der Waals surface area (Å²) >= 11 is 0. The summed E-state index contributed by atoms with van der Waals surface area (Å²) in [4.78, 5) is 33.8. The third-order valence-corrected chi connectivity index (χ3v) is 3.35. The first kappa shape index (κ1) is 18.0. The molecular formula is C16H18N4O5. The maximum atomic E-state index is 12.0. The van der Waals surface area contributed by atoms with Crippen molar-refractivity contribution in [2.24, 2.45) is 5.73 Å². The molecule has 2 amide bonds. The molecule has 1 heterocycles. The van der Waals surface area contributed by atoms with Crippen molar-refractivity contribution in [3.05, 3.63) is 35.6 Å². The van der Waals surface area contributed by atoms with Crippen LogP contribution in [0.1, 0.15) is 29.0 Å². The van der Waals surface area contributed by atoms with Gasteiger partial charge in [0.05, 0.1) is 6.42 Å². The SMILES string of the molecule is N=C(N)c1ccc2oc(C(=O)NCCC(=O)NCCC(=O)O)cc2c1. The van der Waals surface area contributed by atoms with Crippen molar-refractivity contribution in [3.8, 4) is 0 Å². The van der Waals surface area contributed by atoms with Gasteiger partial charge in [0.15, 0.2) is 5.76 Å². The number of benzene rings is 1. The summed E-state index contributed by atoms with van der Waals surface area (Å²) in [5.41, 5.74) is 6.43. The van der Waals surface area contributed by atoms with E-state index in [9.17, 15) is 14.4 Å². The number of nitrogens with one attached hydrogen (secondary N) is 3. The predicted molar refractivity (Wildman–Crippen MR) is 89.4 cm³/mol. The molecule has 0 saturated carbocycles. The number of carboxylic acids is 1. The number of amidine groups is 1. The Kier molecular flexibility index (Phi) is 5.72. The van der Waals surface area contributed by atoms with E-state index >= 15 is 0 Å². The minimum atomic E-state index is -0.994. The molecule has 132 valence electrons. The van der Waals surface area contributed by atoms with Crippen LogP contribution in [0.4, 0.5) is 0 Å². The van der Waals surface area contributed by atoms with Gasteiger partial charge in [-0.2, -0.15) is 0 Å². The molecule has 0 radical (unpaired) electrons. The van der Waals surface area contributed by atoms with Crippen LogP contribution in [-0.2, 0) is 9.59 Å². The third kappa shape index (κ3) is 5.06. The Bertz CT molecular complexity index is 827. The molecule has 1 aromatic heterocycles. The molecule has 25 heavy (non-hydrogen) atoms. The lowest BCUT2D eigenvalue weighted by atomic mass is 10.1. The van der Waals surface area contributed by atoms with Crippen molar-refractivity contribution in [1.82, 2.24) is 10.6 Å². The zero-order valence-corrected chi connectivity index (χ0v) is 13.3. The molecule has 0 aliphatic carbocycles. The largest absolute Gasteiger partial charge is 0.481 e. The molecule has 1 aromatic carbocycles. The molecule has 9 heteroatoms. The van der Waals surface area contributed by atoms with E-state index in [1.54, 1.807) is 18.2 Å². The van der Waals surface area contributed by atoms with E-state index in [0.717, 1.165) is 0 Å². The van der Waals surface area contributed by atoms with E-state index in [4.69, 9.17) is 20.7 Å². The van der Waals surface area contributed by atoms with Crippen molar-refractivity contribution < 1.29 is 23.9 Å². The van der Waals surface area contributed by atoms with Gasteiger partial charge in [0.1, 0.15) is 11.4 Å². The molecule has 0 unspecified atom stereocenters. The monoisotopic (exact) mass is 346 g/mol. The van der Waals surface area contributed by atoms with Crippen LogP contribution >= 0.6 is 0 Å². The summed E-state index contributed by atoms with van der Waals surface area (Å²) in [6.45, 7) is 0.137. The Labute approximate surface area is 142 Å². The molecule has 2 rings (SSSR count). The predicted octanol–water partition coefficient (Wildman–Crippen LogP) is 0.428. The quantitative estimate of drug-likeness (QED) is 0.344. The second kappa shape index (κ2) is 7.95. The number of carboxylic acid groups (broad SMARTS) is 1. The summed E-state index contributed by atoms with van der Waals surface area (Å²) in [6.07, 6.45) is -0.126. The fraction of sp³-hybridized carbons (Fsp3) is 0.250. The fourth-order valence-corrected chi connectivity index (χ4v) is 2.10. The van der Waals surface area contributed by atoms with Crippen LogP contribution in [0.15, 0.2) is 28.7 Å². The van der Waals surface area contributed by atoms with E-state index in [-0.39, 0.29) is 43.4 Å². The number of aliphatic carboxylic acids is 1. The number of carbonyl (C=O) groups is 3. The van der Waals surface area contributed by atoms with E-state index in [0.29, 0.717) is 16.5 Å². The van der Waals surface area contributed by atoms with Gasteiger partial charge in [-0.3, -0.25) is 19.8 Å².